The normalized spacial score (nSPS) is 39.5. The van der Waals surface area contributed by atoms with E-state index in [0.29, 0.717) is 30.2 Å². The Morgan fingerprint density at radius 2 is 1.85 bits per heavy atom. The van der Waals surface area contributed by atoms with Crippen molar-refractivity contribution in [3.63, 3.8) is 0 Å². The van der Waals surface area contributed by atoms with Crippen LogP contribution in [0.5, 0.6) is 5.75 Å². The average molecular weight is 531 g/mol. The molecule has 7 atom stereocenters. The first-order valence-corrected chi connectivity index (χ1v) is 15.3. The summed E-state index contributed by atoms with van der Waals surface area (Å²) in [5.74, 6) is 2.14. The van der Waals surface area contributed by atoms with Crippen molar-refractivity contribution in [1.82, 2.24) is 9.80 Å². The molecule has 3 saturated heterocycles. The molecule has 0 radical (unpaired) electrons. The molecule has 3 saturated carbocycles. The number of carbonyl (C=O) groups excluding carboxylic acids is 1. The number of piperidine rings is 2. The van der Waals surface area contributed by atoms with Gasteiger partial charge in [-0.2, -0.15) is 0 Å². The van der Waals surface area contributed by atoms with Gasteiger partial charge in [-0.1, -0.05) is 54.6 Å². The van der Waals surface area contributed by atoms with E-state index in [1.165, 1.54) is 30.5 Å². The SMILES string of the molecule is O=C(c1ccccc1-c1ccccc1)N1CC23OC45C6Cc7ccc(O)cc7C4(CCN6CC4CC4)C2C1CC35. The van der Waals surface area contributed by atoms with Crippen LogP contribution < -0.4 is 0 Å². The number of hydrogen-bond donors (Lipinski definition) is 1. The maximum Gasteiger partial charge on any atom is 0.254 e. The first-order chi connectivity index (χ1) is 19.6. The minimum Gasteiger partial charge on any atom is -0.508 e. The third kappa shape index (κ3) is 2.37. The van der Waals surface area contributed by atoms with Crippen molar-refractivity contribution >= 4 is 5.91 Å². The Bertz CT molecular complexity index is 1600. The highest BCUT2D eigenvalue weighted by molar-refractivity contribution is 6.01. The van der Waals surface area contributed by atoms with Crippen LogP contribution in [0.2, 0.25) is 0 Å². The van der Waals surface area contributed by atoms with Gasteiger partial charge in [0.05, 0.1) is 12.1 Å². The monoisotopic (exact) mass is 530 g/mol. The van der Waals surface area contributed by atoms with Gasteiger partial charge in [0.2, 0.25) is 0 Å². The van der Waals surface area contributed by atoms with E-state index >= 15 is 0 Å². The van der Waals surface area contributed by atoms with Crippen LogP contribution >= 0.6 is 0 Å². The van der Waals surface area contributed by atoms with Gasteiger partial charge in [-0.15, -0.1) is 0 Å². The molecule has 3 aliphatic heterocycles. The van der Waals surface area contributed by atoms with E-state index < -0.39 is 0 Å². The van der Waals surface area contributed by atoms with E-state index in [-0.39, 0.29) is 28.6 Å². The second kappa shape index (κ2) is 7.18. The highest BCUT2D eigenvalue weighted by Crippen LogP contribution is 2.85. The van der Waals surface area contributed by atoms with Gasteiger partial charge in [0.15, 0.2) is 0 Å². The molecule has 1 N–H and O–H groups in total. The summed E-state index contributed by atoms with van der Waals surface area (Å²) in [5, 5.41) is 10.7. The molecule has 5 nitrogen and oxygen atoms in total. The number of rotatable bonds is 4. The molecule has 3 aromatic carbocycles. The Morgan fingerprint density at radius 3 is 2.70 bits per heavy atom. The molecular formula is C35H34N2O3. The number of nitrogens with zero attached hydrogens (tertiary/aromatic N) is 2. The van der Waals surface area contributed by atoms with Crippen LogP contribution in [-0.4, -0.2) is 63.7 Å². The zero-order chi connectivity index (χ0) is 26.4. The van der Waals surface area contributed by atoms with E-state index in [2.05, 4.69) is 40.1 Å². The Kier molecular flexibility index (Phi) is 4.05. The molecule has 5 heteroatoms. The van der Waals surface area contributed by atoms with Gasteiger partial charge in [-0.05, 0) is 85.0 Å². The molecule has 2 spiro atoms. The Morgan fingerprint density at radius 1 is 1.02 bits per heavy atom. The zero-order valence-corrected chi connectivity index (χ0v) is 22.6. The molecule has 3 aromatic rings. The number of phenols is 1. The second-order valence-electron chi connectivity index (χ2n) is 13.7. The van der Waals surface area contributed by atoms with Crippen molar-refractivity contribution in [2.24, 2.45) is 17.8 Å². The van der Waals surface area contributed by atoms with E-state index in [4.69, 9.17) is 4.74 Å². The Balaban J connectivity index is 1.08. The highest BCUT2D eigenvalue weighted by Gasteiger charge is 2.95. The van der Waals surface area contributed by atoms with Crippen LogP contribution in [0, 0.1) is 17.8 Å². The Hall–Kier alpha value is -3.15. The fourth-order valence-corrected chi connectivity index (χ4v) is 11.1. The minimum absolute atomic E-state index is 0.119. The number of amides is 1. The molecule has 7 bridgehead atoms. The molecule has 6 fully saturated rings. The molecule has 40 heavy (non-hydrogen) atoms. The van der Waals surface area contributed by atoms with E-state index in [9.17, 15) is 9.90 Å². The van der Waals surface area contributed by atoms with Crippen LogP contribution in [0.4, 0.5) is 0 Å². The van der Waals surface area contributed by atoms with Gasteiger partial charge in [0.25, 0.3) is 5.91 Å². The molecule has 1 amide bonds. The topological polar surface area (TPSA) is 53.0 Å². The van der Waals surface area contributed by atoms with Gasteiger partial charge >= 0.3 is 0 Å². The number of benzene rings is 3. The average Bonchev–Trinajstić information content (AvgIpc) is 3.52. The summed E-state index contributed by atoms with van der Waals surface area (Å²) in [4.78, 5) is 19.4. The standard InChI is InChI=1S/C35H34N2O3/c38-24-13-12-23-16-30-35-29-18-28-31(33(35,27(23)17-24)14-15-36(30)19-21-10-11-21)34(29,40-35)20-37(28)32(39)26-9-5-4-8-25(26)22-6-2-1-3-7-22/h1-9,12-13,17,21,28-31,38H,10-11,14-16,18-20H2. The quantitative estimate of drug-likeness (QED) is 0.515. The molecular weight excluding hydrogens is 496 g/mol. The number of fused-ring (bicyclic) bond motifs is 1. The predicted molar refractivity (Wildman–Crippen MR) is 151 cm³/mol. The van der Waals surface area contributed by atoms with Crippen molar-refractivity contribution in [2.75, 3.05) is 19.6 Å². The van der Waals surface area contributed by atoms with Crippen LogP contribution in [-0.2, 0) is 16.6 Å². The van der Waals surface area contributed by atoms with Crippen molar-refractivity contribution in [1.29, 1.82) is 0 Å². The summed E-state index contributed by atoms with van der Waals surface area (Å²) in [7, 11) is 0. The minimum atomic E-state index is -0.247. The van der Waals surface area contributed by atoms with Crippen molar-refractivity contribution in [3.05, 3.63) is 89.5 Å². The Labute approximate surface area is 234 Å². The largest absolute Gasteiger partial charge is 0.508 e. The van der Waals surface area contributed by atoms with Crippen LogP contribution in [0.3, 0.4) is 0 Å². The predicted octanol–water partition coefficient (Wildman–Crippen LogP) is 5.02. The summed E-state index contributed by atoms with van der Waals surface area (Å²) in [6, 6.07) is 25.1. The molecule has 10 rings (SSSR count). The first kappa shape index (κ1) is 22.5. The zero-order valence-electron chi connectivity index (χ0n) is 22.6. The molecule has 4 aliphatic carbocycles. The number of likely N-dealkylation sites (tertiary alicyclic amines) is 2. The first-order valence-electron chi connectivity index (χ1n) is 15.3. The van der Waals surface area contributed by atoms with Gasteiger partial charge in [-0.25, -0.2) is 0 Å². The lowest BCUT2D eigenvalue weighted by Gasteiger charge is -2.70. The number of aromatic hydroxyl groups is 1. The summed E-state index contributed by atoms with van der Waals surface area (Å²) in [6.45, 7) is 2.99. The lowest BCUT2D eigenvalue weighted by atomic mass is 9.48. The number of ether oxygens (including phenoxy) is 1. The van der Waals surface area contributed by atoms with Crippen molar-refractivity contribution in [3.8, 4) is 16.9 Å². The molecule has 7 aliphatic rings. The van der Waals surface area contributed by atoms with Crippen LogP contribution in [0.15, 0.2) is 72.8 Å². The smallest absolute Gasteiger partial charge is 0.254 e. The van der Waals surface area contributed by atoms with E-state index in [0.717, 1.165) is 48.4 Å². The summed E-state index contributed by atoms with van der Waals surface area (Å²) in [5.41, 5.74) is 5.05. The van der Waals surface area contributed by atoms with E-state index in [1.54, 1.807) is 0 Å². The van der Waals surface area contributed by atoms with Gasteiger partial charge in [-0.3, -0.25) is 9.69 Å². The number of phenolic OH excluding ortho intramolecular Hbond substituents is 1. The van der Waals surface area contributed by atoms with Crippen molar-refractivity contribution in [2.45, 2.75) is 60.8 Å². The lowest BCUT2D eigenvalue weighted by Crippen LogP contribution is -2.81. The molecule has 7 unspecified atom stereocenters. The number of hydrogen-bond acceptors (Lipinski definition) is 4. The molecule has 202 valence electrons. The summed E-state index contributed by atoms with van der Waals surface area (Å²) >= 11 is 0. The molecule has 0 aromatic heterocycles. The maximum absolute atomic E-state index is 14.4. The van der Waals surface area contributed by atoms with Gasteiger partial charge in [0, 0.05) is 41.4 Å². The van der Waals surface area contributed by atoms with Gasteiger partial charge in [0.1, 0.15) is 11.4 Å². The third-order valence-electron chi connectivity index (χ3n) is 12.3. The second-order valence-corrected chi connectivity index (χ2v) is 13.7. The molecule has 3 heterocycles. The third-order valence-corrected chi connectivity index (χ3v) is 12.3. The highest BCUT2D eigenvalue weighted by atomic mass is 16.6. The van der Waals surface area contributed by atoms with Gasteiger partial charge < -0.3 is 14.7 Å². The maximum atomic E-state index is 14.4. The van der Waals surface area contributed by atoms with Crippen LogP contribution in [0.25, 0.3) is 11.1 Å². The number of carbonyl (C=O) groups is 1. The fraction of sp³-hybridized carbons (Fsp3) is 0.457. The summed E-state index contributed by atoms with van der Waals surface area (Å²) in [6.07, 6.45) is 5.86. The van der Waals surface area contributed by atoms with Crippen molar-refractivity contribution < 1.29 is 14.6 Å². The van der Waals surface area contributed by atoms with E-state index in [1.807, 2.05) is 42.5 Å². The lowest BCUT2D eigenvalue weighted by molar-refractivity contribution is -0.324. The fourth-order valence-electron chi connectivity index (χ4n) is 11.1. The van der Waals surface area contributed by atoms with Crippen LogP contribution in [0.1, 0.15) is 47.2 Å². The summed E-state index contributed by atoms with van der Waals surface area (Å²) < 4.78 is 7.41.